The fourth-order valence-corrected chi connectivity index (χ4v) is 3.80. The Labute approximate surface area is 162 Å². The minimum Gasteiger partial charge on any atom is -0.388 e. The molecule has 144 valence electrons. The molecular formula is C23H30N2O2. The molecule has 0 saturated carbocycles. The van der Waals surface area contributed by atoms with Crippen molar-refractivity contribution in [2.24, 2.45) is 5.92 Å². The average Bonchev–Trinajstić information content (AvgIpc) is 3.09. The maximum atomic E-state index is 10.6. The van der Waals surface area contributed by atoms with Gasteiger partial charge in [0, 0.05) is 25.6 Å². The molecule has 27 heavy (non-hydrogen) atoms. The Kier molecular flexibility index (Phi) is 6.16. The smallest absolute Gasteiger partial charge is 0.191 e. The van der Waals surface area contributed by atoms with Crippen molar-refractivity contribution in [1.82, 2.24) is 4.90 Å². The van der Waals surface area contributed by atoms with Gasteiger partial charge in [0.15, 0.2) is 5.60 Å². The maximum Gasteiger partial charge on any atom is 0.191 e. The molecule has 1 aromatic carbocycles. The van der Waals surface area contributed by atoms with E-state index >= 15 is 0 Å². The summed E-state index contributed by atoms with van der Waals surface area (Å²) in [7, 11) is 0. The maximum absolute atomic E-state index is 10.6. The third kappa shape index (κ3) is 4.68. The summed E-state index contributed by atoms with van der Waals surface area (Å²) >= 11 is 0. The molecule has 0 aromatic heterocycles. The molecule has 2 aliphatic rings. The zero-order chi connectivity index (χ0) is 19.3. The van der Waals surface area contributed by atoms with E-state index in [1.807, 2.05) is 42.5 Å². The molecule has 0 amide bonds. The van der Waals surface area contributed by atoms with Crippen LogP contribution in [0.3, 0.4) is 0 Å². The summed E-state index contributed by atoms with van der Waals surface area (Å²) in [6.07, 6.45) is 9.51. The van der Waals surface area contributed by atoms with Crippen LogP contribution in [-0.2, 0) is 4.74 Å². The van der Waals surface area contributed by atoms with Crippen LogP contribution in [0.5, 0.6) is 0 Å². The molecule has 1 unspecified atom stereocenters. The predicted octanol–water partition coefficient (Wildman–Crippen LogP) is 3.66. The lowest BCUT2D eigenvalue weighted by atomic mass is 9.89. The molecule has 1 fully saturated rings. The average molecular weight is 367 g/mol. The number of hydrogen-bond acceptors (Lipinski definition) is 4. The molecule has 0 radical (unpaired) electrons. The van der Waals surface area contributed by atoms with Crippen LogP contribution in [0.2, 0.25) is 0 Å². The normalized spacial score (nSPS) is 30.7. The lowest BCUT2D eigenvalue weighted by Gasteiger charge is -2.28. The first-order valence-electron chi connectivity index (χ1n) is 9.90. The fourth-order valence-electron chi connectivity index (χ4n) is 3.80. The molecule has 1 saturated heterocycles. The van der Waals surface area contributed by atoms with Crippen molar-refractivity contribution in [3.63, 3.8) is 0 Å². The van der Waals surface area contributed by atoms with E-state index in [-0.39, 0.29) is 11.8 Å². The Hall–Kier alpha value is -1.93. The van der Waals surface area contributed by atoms with E-state index in [9.17, 15) is 10.4 Å². The second kappa shape index (κ2) is 8.39. The van der Waals surface area contributed by atoms with Crippen LogP contribution in [0.4, 0.5) is 0 Å². The number of benzene rings is 1. The molecule has 4 nitrogen and oxygen atoms in total. The number of rotatable bonds is 7. The first-order valence-corrected chi connectivity index (χ1v) is 9.90. The summed E-state index contributed by atoms with van der Waals surface area (Å²) in [5.74, 6) is 0.463. The lowest BCUT2D eigenvalue weighted by Crippen LogP contribution is -2.38. The minimum absolute atomic E-state index is 0.189. The van der Waals surface area contributed by atoms with Crippen LogP contribution in [-0.4, -0.2) is 47.4 Å². The molecule has 1 heterocycles. The second-order valence-corrected chi connectivity index (χ2v) is 8.05. The number of nitrogens with zero attached hydrogens (tertiary/aromatic N) is 2. The van der Waals surface area contributed by atoms with E-state index in [0.29, 0.717) is 6.61 Å². The molecule has 0 spiro atoms. The summed E-state index contributed by atoms with van der Waals surface area (Å²) in [5, 5.41) is 20.2. The van der Waals surface area contributed by atoms with Gasteiger partial charge >= 0.3 is 0 Å². The summed E-state index contributed by atoms with van der Waals surface area (Å²) in [4.78, 5) is 2.29. The number of ether oxygens (including phenoxy) is 1. The van der Waals surface area contributed by atoms with Gasteiger partial charge in [-0.15, -0.1) is 0 Å². The van der Waals surface area contributed by atoms with Crippen molar-refractivity contribution in [1.29, 1.82) is 5.26 Å². The standard InChI is InChI=1S/C23H30N2O2/c1-19(2)23(26)13-15-25(18-23)14-6-16-27-22(17-24)11-9-21(10-12-22)20-7-4-3-5-8-20/h3-5,7-12,19,21,26H,6,13-16,18H2,1-2H3. The number of aliphatic hydroxyl groups is 1. The monoisotopic (exact) mass is 366 g/mol. The van der Waals surface area contributed by atoms with Gasteiger partial charge in [-0.05, 0) is 36.5 Å². The highest BCUT2D eigenvalue weighted by molar-refractivity contribution is 5.39. The van der Waals surface area contributed by atoms with Gasteiger partial charge in [0.1, 0.15) is 6.07 Å². The van der Waals surface area contributed by atoms with E-state index < -0.39 is 11.2 Å². The van der Waals surface area contributed by atoms with E-state index in [0.717, 1.165) is 32.5 Å². The van der Waals surface area contributed by atoms with Gasteiger partial charge in [0.05, 0.1) is 12.2 Å². The first-order chi connectivity index (χ1) is 13.0. The number of hydrogen-bond donors (Lipinski definition) is 1. The highest BCUT2D eigenvalue weighted by Crippen LogP contribution is 2.30. The third-order valence-electron chi connectivity index (χ3n) is 5.85. The van der Waals surface area contributed by atoms with Gasteiger partial charge in [-0.1, -0.05) is 56.3 Å². The van der Waals surface area contributed by atoms with Crippen molar-refractivity contribution in [2.75, 3.05) is 26.2 Å². The van der Waals surface area contributed by atoms with Gasteiger partial charge in [-0.2, -0.15) is 5.26 Å². The predicted molar refractivity (Wildman–Crippen MR) is 107 cm³/mol. The second-order valence-electron chi connectivity index (χ2n) is 8.05. The zero-order valence-electron chi connectivity index (χ0n) is 16.3. The van der Waals surface area contributed by atoms with E-state index in [1.165, 1.54) is 5.56 Å². The molecule has 1 aliphatic heterocycles. The number of likely N-dealkylation sites (tertiary alicyclic amines) is 1. The van der Waals surface area contributed by atoms with Gasteiger partial charge in [-0.25, -0.2) is 0 Å². The molecular weight excluding hydrogens is 336 g/mol. The molecule has 0 bridgehead atoms. The van der Waals surface area contributed by atoms with Crippen molar-refractivity contribution < 1.29 is 9.84 Å². The highest BCUT2D eigenvalue weighted by atomic mass is 16.5. The number of nitriles is 1. The molecule has 1 aliphatic carbocycles. The summed E-state index contributed by atoms with van der Waals surface area (Å²) in [6, 6.07) is 12.5. The van der Waals surface area contributed by atoms with Gasteiger partial charge in [-0.3, -0.25) is 0 Å². The van der Waals surface area contributed by atoms with E-state index in [4.69, 9.17) is 4.74 Å². The van der Waals surface area contributed by atoms with E-state index in [1.54, 1.807) is 0 Å². The molecule has 1 atom stereocenters. The Morgan fingerprint density at radius 3 is 2.56 bits per heavy atom. The molecule has 1 N–H and O–H groups in total. The molecule has 1 aromatic rings. The minimum atomic E-state index is -0.963. The van der Waals surface area contributed by atoms with Crippen molar-refractivity contribution in [3.8, 4) is 6.07 Å². The van der Waals surface area contributed by atoms with Gasteiger partial charge < -0.3 is 14.7 Å². The molecule has 3 rings (SSSR count). The quantitative estimate of drug-likeness (QED) is 0.591. The first kappa shape index (κ1) is 19.8. The third-order valence-corrected chi connectivity index (χ3v) is 5.85. The van der Waals surface area contributed by atoms with Crippen LogP contribution < -0.4 is 0 Å². The van der Waals surface area contributed by atoms with Crippen molar-refractivity contribution in [3.05, 3.63) is 60.2 Å². The Morgan fingerprint density at radius 2 is 1.96 bits per heavy atom. The van der Waals surface area contributed by atoms with Gasteiger partial charge in [0.2, 0.25) is 0 Å². The highest BCUT2D eigenvalue weighted by Gasteiger charge is 2.38. The number of β-amino-alcohol motifs (C(OH)–C–C–N with tert-alkyl or cyclic N) is 1. The summed E-state index contributed by atoms with van der Waals surface area (Å²) < 4.78 is 5.94. The fraction of sp³-hybridized carbons (Fsp3) is 0.522. The van der Waals surface area contributed by atoms with Crippen molar-refractivity contribution >= 4 is 0 Å². The zero-order valence-corrected chi connectivity index (χ0v) is 16.3. The Morgan fingerprint density at radius 1 is 1.26 bits per heavy atom. The SMILES string of the molecule is CC(C)C1(O)CCN(CCCOC2(C#N)C=CC(c3ccccc3)C=C2)C1. The van der Waals surface area contributed by atoms with Crippen molar-refractivity contribution in [2.45, 2.75) is 43.8 Å². The van der Waals surface area contributed by atoms with Crippen LogP contribution in [0.25, 0.3) is 0 Å². The van der Waals surface area contributed by atoms with Crippen LogP contribution >= 0.6 is 0 Å². The van der Waals surface area contributed by atoms with Gasteiger partial charge in [0.25, 0.3) is 0 Å². The largest absolute Gasteiger partial charge is 0.388 e. The Bertz CT molecular complexity index is 706. The van der Waals surface area contributed by atoms with Crippen LogP contribution in [0.1, 0.15) is 38.2 Å². The lowest BCUT2D eigenvalue weighted by molar-refractivity contribution is 0.00325. The van der Waals surface area contributed by atoms with Crippen LogP contribution in [0.15, 0.2) is 54.6 Å². The summed E-state index contributed by atoms with van der Waals surface area (Å²) in [5.41, 5.74) is -0.312. The van der Waals surface area contributed by atoms with Crippen LogP contribution in [0, 0.1) is 17.2 Å². The summed E-state index contributed by atoms with van der Waals surface area (Å²) in [6.45, 7) is 7.22. The Balaban J connectivity index is 1.47. The topological polar surface area (TPSA) is 56.5 Å². The molecule has 4 heteroatoms. The number of allylic oxidation sites excluding steroid dienone is 2. The van der Waals surface area contributed by atoms with E-state index in [2.05, 4.69) is 36.9 Å².